The minimum Gasteiger partial charge on any atom is -0.345 e. The molecule has 0 aliphatic heterocycles. The molecule has 1 aromatic carbocycles. The van der Waals surface area contributed by atoms with E-state index in [0.29, 0.717) is 5.56 Å². The average molecular weight is 293 g/mol. The lowest BCUT2D eigenvalue weighted by Crippen LogP contribution is -2.27. The van der Waals surface area contributed by atoms with Crippen LogP contribution in [0, 0.1) is 25.2 Å². The van der Waals surface area contributed by atoms with E-state index in [1.165, 1.54) is 0 Å². The number of aryl methyl sites for hydroxylation is 1. The number of benzene rings is 1. The molecular weight excluding hydrogens is 274 g/mol. The van der Waals surface area contributed by atoms with Gasteiger partial charge < -0.3 is 5.32 Å². The molecule has 22 heavy (non-hydrogen) atoms. The lowest BCUT2D eigenvalue weighted by Gasteiger charge is -2.16. The Morgan fingerprint density at radius 2 is 2.00 bits per heavy atom. The molecule has 1 atom stereocenters. The highest BCUT2D eigenvalue weighted by Gasteiger charge is 2.17. The number of carbonyl (C=O) groups is 1. The van der Waals surface area contributed by atoms with E-state index in [-0.39, 0.29) is 18.4 Å². The third-order valence-corrected chi connectivity index (χ3v) is 3.83. The van der Waals surface area contributed by atoms with E-state index in [0.717, 1.165) is 22.4 Å². The lowest BCUT2D eigenvalue weighted by molar-refractivity contribution is 0.0939. The molecule has 0 aliphatic carbocycles. The maximum absolute atomic E-state index is 12.5. The number of aromatic nitrogens is 1. The molecule has 1 N–H and O–H groups in total. The van der Waals surface area contributed by atoms with Crippen LogP contribution in [0.25, 0.3) is 0 Å². The van der Waals surface area contributed by atoms with Gasteiger partial charge in [-0.2, -0.15) is 5.26 Å². The van der Waals surface area contributed by atoms with Gasteiger partial charge in [-0.15, -0.1) is 0 Å². The van der Waals surface area contributed by atoms with E-state index in [1.807, 2.05) is 51.1 Å². The Labute approximate surface area is 130 Å². The number of hydrogen-bond acceptors (Lipinski definition) is 3. The third-order valence-electron chi connectivity index (χ3n) is 3.83. The van der Waals surface area contributed by atoms with Crippen LogP contribution in [-0.4, -0.2) is 10.9 Å². The van der Waals surface area contributed by atoms with Crippen LogP contribution in [-0.2, 0) is 6.42 Å². The summed E-state index contributed by atoms with van der Waals surface area (Å²) >= 11 is 0. The Morgan fingerprint density at radius 3 is 2.64 bits per heavy atom. The SMILES string of the molecule is Cc1ncc(C(=O)NC(C)c2ccccc2)c(C)c1CC#N. The minimum atomic E-state index is -0.166. The van der Waals surface area contributed by atoms with Gasteiger partial charge in [-0.25, -0.2) is 0 Å². The monoisotopic (exact) mass is 293 g/mol. The minimum absolute atomic E-state index is 0.0891. The fourth-order valence-corrected chi connectivity index (χ4v) is 2.44. The fraction of sp³-hybridized carbons (Fsp3) is 0.278. The van der Waals surface area contributed by atoms with Gasteiger partial charge in [0.05, 0.1) is 24.1 Å². The number of rotatable bonds is 4. The van der Waals surface area contributed by atoms with Crippen molar-refractivity contribution in [2.24, 2.45) is 0 Å². The topological polar surface area (TPSA) is 65.8 Å². The quantitative estimate of drug-likeness (QED) is 0.941. The number of nitrogens with zero attached hydrogens (tertiary/aromatic N) is 2. The van der Waals surface area contributed by atoms with Gasteiger partial charge in [0.1, 0.15) is 0 Å². The summed E-state index contributed by atoms with van der Waals surface area (Å²) in [5.41, 5.74) is 4.03. The van der Waals surface area contributed by atoms with Crippen molar-refractivity contribution in [1.82, 2.24) is 10.3 Å². The van der Waals surface area contributed by atoms with Crippen molar-refractivity contribution >= 4 is 5.91 Å². The Hall–Kier alpha value is -2.67. The number of pyridine rings is 1. The van der Waals surface area contributed by atoms with E-state index >= 15 is 0 Å². The van der Waals surface area contributed by atoms with E-state index in [9.17, 15) is 4.79 Å². The van der Waals surface area contributed by atoms with Crippen molar-refractivity contribution in [1.29, 1.82) is 5.26 Å². The highest BCUT2D eigenvalue weighted by molar-refractivity contribution is 5.96. The van der Waals surface area contributed by atoms with Gasteiger partial charge in [-0.05, 0) is 37.5 Å². The molecule has 4 heteroatoms. The zero-order valence-electron chi connectivity index (χ0n) is 13.1. The molecule has 0 saturated carbocycles. The number of hydrogen-bond donors (Lipinski definition) is 1. The fourth-order valence-electron chi connectivity index (χ4n) is 2.44. The van der Waals surface area contributed by atoms with Gasteiger partial charge in [0, 0.05) is 11.9 Å². The third kappa shape index (κ3) is 3.32. The first-order valence-electron chi connectivity index (χ1n) is 7.22. The summed E-state index contributed by atoms with van der Waals surface area (Å²) in [6, 6.07) is 11.8. The van der Waals surface area contributed by atoms with Gasteiger partial charge in [-0.1, -0.05) is 30.3 Å². The van der Waals surface area contributed by atoms with Crippen molar-refractivity contribution in [2.45, 2.75) is 33.2 Å². The standard InChI is InChI=1S/C18H19N3O/c1-12-16(9-10-19)14(3)20-11-17(12)18(22)21-13(2)15-7-5-4-6-8-15/h4-8,11,13H,9H2,1-3H3,(H,21,22). The van der Waals surface area contributed by atoms with Gasteiger partial charge >= 0.3 is 0 Å². The summed E-state index contributed by atoms with van der Waals surface area (Å²) in [6.45, 7) is 5.66. The highest BCUT2D eigenvalue weighted by atomic mass is 16.1. The second-order valence-corrected chi connectivity index (χ2v) is 5.30. The molecule has 4 nitrogen and oxygen atoms in total. The Balaban J connectivity index is 2.24. The summed E-state index contributed by atoms with van der Waals surface area (Å²) in [6.07, 6.45) is 1.85. The van der Waals surface area contributed by atoms with Crippen LogP contribution in [0.3, 0.4) is 0 Å². The zero-order chi connectivity index (χ0) is 16.1. The molecule has 2 aromatic rings. The Kier molecular flexibility index (Phi) is 4.90. The molecule has 1 heterocycles. The second kappa shape index (κ2) is 6.86. The lowest BCUT2D eigenvalue weighted by atomic mass is 9.99. The van der Waals surface area contributed by atoms with Crippen LogP contribution in [0.5, 0.6) is 0 Å². The largest absolute Gasteiger partial charge is 0.345 e. The number of nitriles is 1. The van der Waals surface area contributed by atoms with Crippen LogP contribution in [0.1, 0.15) is 45.7 Å². The van der Waals surface area contributed by atoms with E-state index in [1.54, 1.807) is 6.20 Å². The summed E-state index contributed by atoms with van der Waals surface area (Å²) in [5, 5.41) is 11.9. The summed E-state index contributed by atoms with van der Waals surface area (Å²) < 4.78 is 0. The normalized spacial score (nSPS) is 11.5. The Morgan fingerprint density at radius 1 is 1.32 bits per heavy atom. The first kappa shape index (κ1) is 15.7. The molecule has 1 unspecified atom stereocenters. The van der Waals surface area contributed by atoms with Crippen molar-refractivity contribution in [3.8, 4) is 6.07 Å². The zero-order valence-corrected chi connectivity index (χ0v) is 13.1. The molecular formula is C18H19N3O. The average Bonchev–Trinajstić information content (AvgIpc) is 2.52. The van der Waals surface area contributed by atoms with Crippen LogP contribution < -0.4 is 5.32 Å². The van der Waals surface area contributed by atoms with Crippen LogP contribution >= 0.6 is 0 Å². The molecule has 2 rings (SSSR count). The molecule has 1 aromatic heterocycles. The van der Waals surface area contributed by atoms with Gasteiger partial charge in [0.15, 0.2) is 0 Å². The molecule has 0 radical (unpaired) electrons. The molecule has 0 spiro atoms. The summed E-state index contributed by atoms with van der Waals surface area (Å²) in [7, 11) is 0. The number of nitrogens with one attached hydrogen (secondary N) is 1. The number of amides is 1. The van der Waals surface area contributed by atoms with Crippen LogP contribution in [0.4, 0.5) is 0 Å². The second-order valence-electron chi connectivity index (χ2n) is 5.30. The molecule has 112 valence electrons. The molecule has 0 fully saturated rings. The van der Waals surface area contributed by atoms with Crippen molar-refractivity contribution in [2.75, 3.05) is 0 Å². The van der Waals surface area contributed by atoms with Crippen LogP contribution in [0.15, 0.2) is 36.5 Å². The molecule has 0 aliphatic rings. The van der Waals surface area contributed by atoms with Gasteiger partial charge in [-0.3, -0.25) is 9.78 Å². The van der Waals surface area contributed by atoms with E-state index in [2.05, 4.69) is 16.4 Å². The van der Waals surface area contributed by atoms with Crippen molar-refractivity contribution < 1.29 is 4.79 Å². The Bertz CT molecular complexity index is 717. The molecule has 0 bridgehead atoms. The summed E-state index contributed by atoms with van der Waals surface area (Å²) in [4.78, 5) is 16.7. The van der Waals surface area contributed by atoms with Crippen LogP contribution in [0.2, 0.25) is 0 Å². The molecule has 1 amide bonds. The van der Waals surface area contributed by atoms with Gasteiger partial charge in [0.2, 0.25) is 0 Å². The predicted molar refractivity (Wildman–Crippen MR) is 85.4 cm³/mol. The first-order valence-corrected chi connectivity index (χ1v) is 7.22. The van der Waals surface area contributed by atoms with Gasteiger partial charge in [0.25, 0.3) is 5.91 Å². The van der Waals surface area contributed by atoms with Crippen molar-refractivity contribution in [3.05, 3.63) is 64.5 Å². The smallest absolute Gasteiger partial charge is 0.253 e. The molecule has 0 saturated heterocycles. The summed E-state index contributed by atoms with van der Waals surface area (Å²) in [5.74, 6) is -0.166. The van der Waals surface area contributed by atoms with E-state index in [4.69, 9.17) is 5.26 Å². The predicted octanol–water partition coefficient (Wildman–Crippen LogP) is 3.26. The maximum Gasteiger partial charge on any atom is 0.253 e. The first-order chi connectivity index (χ1) is 10.5. The highest BCUT2D eigenvalue weighted by Crippen LogP contribution is 2.18. The maximum atomic E-state index is 12.5. The number of carbonyl (C=O) groups excluding carboxylic acids is 1. The van der Waals surface area contributed by atoms with Crippen molar-refractivity contribution in [3.63, 3.8) is 0 Å². The van der Waals surface area contributed by atoms with E-state index < -0.39 is 0 Å².